The molecular formula is C12H19F3N2O3. The third kappa shape index (κ3) is 4.99. The van der Waals surface area contributed by atoms with E-state index in [9.17, 15) is 22.8 Å². The molecule has 1 aliphatic rings. The number of ether oxygens (including phenoxy) is 1. The molecule has 1 N–H and O–H groups in total. The third-order valence-electron chi connectivity index (χ3n) is 3.33. The van der Waals surface area contributed by atoms with Crippen LogP contribution in [0.3, 0.4) is 0 Å². The minimum atomic E-state index is -4.49. The maximum atomic E-state index is 12.5. The van der Waals surface area contributed by atoms with Crippen LogP contribution in [-0.2, 0) is 14.3 Å². The molecule has 0 bridgehead atoms. The molecule has 0 aliphatic carbocycles. The molecule has 1 saturated heterocycles. The van der Waals surface area contributed by atoms with Crippen LogP contribution < -0.4 is 5.32 Å². The lowest BCUT2D eigenvalue weighted by molar-refractivity contribution is -0.165. The van der Waals surface area contributed by atoms with E-state index in [2.05, 4.69) is 10.1 Å². The number of halogens is 3. The monoisotopic (exact) mass is 296 g/mol. The van der Waals surface area contributed by atoms with E-state index < -0.39 is 30.5 Å². The highest BCUT2D eigenvalue weighted by Crippen LogP contribution is 2.22. The zero-order chi connectivity index (χ0) is 15.3. The predicted octanol–water partition coefficient (Wildman–Crippen LogP) is 0.796. The van der Waals surface area contributed by atoms with Crippen LogP contribution in [0.4, 0.5) is 13.2 Å². The molecule has 0 radical (unpaired) electrons. The molecule has 8 heteroatoms. The predicted molar refractivity (Wildman–Crippen MR) is 64.8 cm³/mol. The van der Waals surface area contributed by atoms with Gasteiger partial charge in [-0.1, -0.05) is 6.92 Å². The number of rotatable bonds is 5. The van der Waals surface area contributed by atoms with Crippen molar-refractivity contribution in [2.45, 2.75) is 19.5 Å². The Kier molecular flexibility index (Phi) is 5.79. The molecule has 0 spiro atoms. The number of amides is 1. The fourth-order valence-corrected chi connectivity index (χ4v) is 2.19. The Balaban J connectivity index is 2.70. The van der Waals surface area contributed by atoms with E-state index in [-0.39, 0.29) is 18.9 Å². The maximum absolute atomic E-state index is 12.5. The van der Waals surface area contributed by atoms with Gasteiger partial charge in [-0.05, 0) is 12.5 Å². The Morgan fingerprint density at radius 1 is 1.35 bits per heavy atom. The minimum Gasteiger partial charge on any atom is -0.469 e. The Morgan fingerprint density at radius 3 is 2.45 bits per heavy atom. The van der Waals surface area contributed by atoms with Crippen molar-refractivity contribution in [2.24, 2.45) is 11.8 Å². The molecule has 20 heavy (non-hydrogen) atoms. The van der Waals surface area contributed by atoms with Crippen LogP contribution in [0.1, 0.15) is 13.3 Å². The van der Waals surface area contributed by atoms with E-state index in [0.717, 1.165) is 7.11 Å². The molecule has 1 fully saturated rings. The summed E-state index contributed by atoms with van der Waals surface area (Å²) in [6.07, 6.45) is -4.73. The highest BCUT2D eigenvalue weighted by Gasteiger charge is 2.38. The van der Waals surface area contributed by atoms with Gasteiger partial charge in [0.2, 0.25) is 5.91 Å². The molecule has 2 atom stereocenters. The summed E-state index contributed by atoms with van der Waals surface area (Å²) < 4.78 is 42.0. The molecule has 0 saturated carbocycles. The van der Waals surface area contributed by atoms with Gasteiger partial charge in [0, 0.05) is 13.1 Å². The van der Waals surface area contributed by atoms with Crippen LogP contribution in [0.2, 0.25) is 0 Å². The van der Waals surface area contributed by atoms with Crippen LogP contribution in [-0.4, -0.2) is 56.2 Å². The average Bonchev–Trinajstić information content (AvgIpc) is 2.78. The first-order chi connectivity index (χ1) is 9.24. The zero-order valence-corrected chi connectivity index (χ0v) is 11.5. The quantitative estimate of drug-likeness (QED) is 0.762. The van der Waals surface area contributed by atoms with E-state index in [1.165, 1.54) is 0 Å². The number of alkyl halides is 3. The highest BCUT2D eigenvalue weighted by molar-refractivity contribution is 5.80. The van der Waals surface area contributed by atoms with Crippen molar-refractivity contribution in [3.05, 3.63) is 0 Å². The van der Waals surface area contributed by atoms with E-state index in [0.29, 0.717) is 18.0 Å². The summed E-state index contributed by atoms with van der Waals surface area (Å²) in [7, 11) is 1.15. The summed E-state index contributed by atoms with van der Waals surface area (Å²) in [5.74, 6) is -1.70. The van der Waals surface area contributed by atoms with E-state index >= 15 is 0 Å². The summed E-state index contributed by atoms with van der Waals surface area (Å²) in [5.41, 5.74) is 0. The first-order valence-corrected chi connectivity index (χ1v) is 6.37. The molecule has 1 rings (SSSR count). The Labute approximate surface area is 115 Å². The Bertz CT molecular complexity index is 360. The molecule has 0 aromatic rings. The lowest BCUT2D eigenvalue weighted by Crippen LogP contribution is -2.44. The Hall–Kier alpha value is -1.31. The van der Waals surface area contributed by atoms with Crippen LogP contribution in [0, 0.1) is 11.8 Å². The van der Waals surface area contributed by atoms with Crippen LogP contribution in [0.25, 0.3) is 0 Å². The van der Waals surface area contributed by atoms with Crippen molar-refractivity contribution >= 4 is 11.9 Å². The summed E-state index contributed by atoms with van der Waals surface area (Å²) in [6.45, 7) is 1.16. The lowest BCUT2D eigenvalue weighted by atomic mass is 9.96. The van der Waals surface area contributed by atoms with Crippen LogP contribution in [0.5, 0.6) is 0 Å². The summed E-state index contributed by atoms with van der Waals surface area (Å²) in [4.78, 5) is 23.9. The number of methoxy groups -OCH3 is 1. The molecular weight excluding hydrogens is 277 g/mol. The van der Waals surface area contributed by atoms with Crippen molar-refractivity contribution in [2.75, 3.05) is 33.3 Å². The second kappa shape index (κ2) is 6.92. The topological polar surface area (TPSA) is 58.6 Å². The van der Waals surface area contributed by atoms with Gasteiger partial charge >= 0.3 is 12.1 Å². The highest BCUT2D eigenvalue weighted by atomic mass is 19.4. The second-order valence-electron chi connectivity index (χ2n) is 4.94. The van der Waals surface area contributed by atoms with Crippen molar-refractivity contribution < 1.29 is 27.5 Å². The number of nitrogens with zero attached hydrogens (tertiary/aromatic N) is 1. The number of carbonyl (C=O) groups is 2. The smallest absolute Gasteiger partial charge is 0.406 e. The van der Waals surface area contributed by atoms with Gasteiger partial charge in [-0.15, -0.1) is 0 Å². The summed E-state index contributed by atoms with van der Waals surface area (Å²) in [6, 6.07) is 0. The fraction of sp³-hybridized carbons (Fsp3) is 0.833. The van der Waals surface area contributed by atoms with Crippen molar-refractivity contribution in [1.82, 2.24) is 10.2 Å². The molecule has 1 amide bonds. The number of hydrogen-bond acceptors (Lipinski definition) is 4. The van der Waals surface area contributed by atoms with Gasteiger partial charge in [0.15, 0.2) is 0 Å². The fourth-order valence-electron chi connectivity index (χ4n) is 2.19. The lowest BCUT2D eigenvalue weighted by Gasteiger charge is -2.27. The van der Waals surface area contributed by atoms with Gasteiger partial charge in [0.1, 0.15) is 6.54 Å². The van der Waals surface area contributed by atoms with Gasteiger partial charge in [0.05, 0.1) is 19.4 Å². The number of carbonyl (C=O) groups excluding carboxylic acids is 2. The van der Waals surface area contributed by atoms with E-state index in [1.54, 1.807) is 0 Å². The van der Waals surface area contributed by atoms with Crippen LogP contribution >= 0.6 is 0 Å². The van der Waals surface area contributed by atoms with Gasteiger partial charge in [-0.3, -0.25) is 9.59 Å². The maximum Gasteiger partial charge on any atom is 0.406 e. The minimum absolute atomic E-state index is 0.0173. The molecule has 2 unspecified atom stereocenters. The van der Waals surface area contributed by atoms with Gasteiger partial charge < -0.3 is 15.0 Å². The van der Waals surface area contributed by atoms with Crippen molar-refractivity contribution in [1.29, 1.82) is 0 Å². The molecule has 5 nitrogen and oxygen atoms in total. The summed E-state index contributed by atoms with van der Waals surface area (Å²) in [5, 5.41) is 2.98. The standard InChI is InChI=1S/C12H19F3N2O3/c1-8-5-16-6-9(8)11(19)17(7-12(13,14)15)4-3-10(18)20-2/h8-9,16H,3-7H2,1-2H3. The molecule has 1 heterocycles. The third-order valence-corrected chi connectivity index (χ3v) is 3.33. The second-order valence-corrected chi connectivity index (χ2v) is 4.94. The Morgan fingerprint density at radius 2 is 2.00 bits per heavy atom. The summed E-state index contributed by atoms with van der Waals surface area (Å²) >= 11 is 0. The van der Waals surface area contributed by atoms with Gasteiger partial charge in [0.25, 0.3) is 0 Å². The van der Waals surface area contributed by atoms with E-state index in [4.69, 9.17) is 0 Å². The first kappa shape index (κ1) is 16.7. The number of hydrogen-bond donors (Lipinski definition) is 1. The average molecular weight is 296 g/mol. The van der Waals surface area contributed by atoms with Gasteiger partial charge in [-0.2, -0.15) is 13.2 Å². The first-order valence-electron chi connectivity index (χ1n) is 6.37. The number of nitrogens with one attached hydrogen (secondary N) is 1. The molecule has 0 aromatic carbocycles. The largest absolute Gasteiger partial charge is 0.469 e. The van der Waals surface area contributed by atoms with Gasteiger partial charge in [-0.25, -0.2) is 0 Å². The SMILES string of the molecule is COC(=O)CCN(CC(F)(F)F)C(=O)C1CNCC1C. The molecule has 0 aromatic heterocycles. The van der Waals surface area contributed by atoms with Crippen molar-refractivity contribution in [3.8, 4) is 0 Å². The zero-order valence-electron chi connectivity index (χ0n) is 11.5. The number of esters is 1. The normalized spacial score (nSPS) is 22.6. The molecule has 116 valence electrons. The van der Waals surface area contributed by atoms with Crippen molar-refractivity contribution in [3.63, 3.8) is 0 Å². The van der Waals surface area contributed by atoms with E-state index in [1.807, 2.05) is 6.92 Å². The molecule has 1 aliphatic heterocycles. The van der Waals surface area contributed by atoms with Crippen LogP contribution in [0.15, 0.2) is 0 Å².